The second kappa shape index (κ2) is 33.8. The van der Waals surface area contributed by atoms with Crippen LogP contribution < -0.4 is 0 Å². The second-order valence-corrected chi connectivity index (χ2v) is 18.4. The fraction of sp³-hybridized carbons (Fsp3) is 0.975. The summed E-state index contributed by atoms with van der Waals surface area (Å²) in [5.41, 5.74) is 0.391. The van der Waals surface area contributed by atoms with Crippen LogP contribution in [-0.4, -0.2) is 24.1 Å². The minimum absolute atomic E-state index is 0.391. The predicted octanol–water partition coefficient (Wildman–Crippen LogP) is 15.1. The molecule has 0 rings (SSSR count). The molecule has 0 saturated heterocycles. The van der Waals surface area contributed by atoms with Crippen LogP contribution in [0.1, 0.15) is 227 Å². The molecule has 0 fully saturated rings. The quantitative estimate of drug-likeness (QED) is 0.0520. The van der Waals surface area contributed by atoms with E-state index in [0.29, 0.717) is 5.66 Å². The van der Waals surface area contributed by atoms with Gasteiger partial charge in [-0.3, -0.25) is 0 Å². The lowest BCUT2D eigenvalue weighted by atomic mass is 10.1. The number of nitriles is 1. The third-order valence-corrected chi connectivity index (χ3v) is 15.3. The van der Waals surface area contributed by atoms with E-state index in [1.807, 2.05) is 0 Å². The molecule has 250 valence electrons. The lowest BCUT2D eigenvalue weighted by Gasteiger charge is -2.32. The standard InChI is InChI=1S/C40H81NP/c1-5-9-13-17-21-22-23-27-31-35-40(39-41)42(36-32-28-24-18-14-10-6-2,37-33-29-25-19-15-11-7-3)38-34-30-26-20-16-12-8-4/h40H,5-38H2,1-4H3/q+1. The van der Waals surface area contributed by atoms with Crippen molar-refractivity contribution >= 4 is 7.26 Å². The lowest BCUT2D eigenvalue weighted by Crippen LogP contribution is -2.22. The first-order valence-corrected chi connectivity index (χ1v) is 22.4. The highest BCUT2D eigenvalue weighted by molar-refractivity contribution is 7.76. The molecule has 1 atom stereocenters. The molecule has 42 heavy (non-hydrogen) atoms. The van der Waals surface area contributed by atoms with Crippen LogP contribution in [-0.2, 0) is 0 Å². The van der Waals surface area contributed by atoms with Gasteiger partial charge in [0.2, 0.25) is 0 Å². The van der Waals surface area contributed by atoms with Gasteiger partial charge in [-0.1, -0.05) is 175 Å². The topological polar surface area (TPSA) is 23.8 Å². The van der Waals surface area contributed by atoms with Gasteiger partial charge in [0.25, 0.3) is 0 Å². The molecule has 1 nitrogen and oxygen atoms in total. The molecular formula is C40H81NP+. The first-order chi connectivity index (χ1) is 20.7. The third-order valence-electron chi connectivity index (χ3n) is 10.0. The Morgan fingerprint density at radius 3 is 0.857 bits per heavy atom. The van der Waals surface area contributed by atoms with Crippen LogP contribution in [0.2, 0.25) is 0 Å². The van der Waals surface area contributed by atoms with Crippen molar-refractivity contribution in [1.29, 1.82) is 5.26 Å². The minimum atomic E-state index is -1.23. The van der Waals surface area contributed by atoms with E-state index in [1.54, 1.807) is 0 Å². The average Bonchev–Trinajstić information content (AvgIpc) is 3.00. The summed E-state index contributed by atoms with van der Waals surface area (Å²) in [5.74, 6) is 0. The number of rotatable bonds is 35. The molecule has 0 saturated carbocycles. The molecular weight excluding hydrogens is 525 g/mol. The molecule has 0 N–H and O–H groups in total. The minimum Gasteiger partial charge on any atom is -0.194 e. The molecule has 0 aromatic heterocycles. The molecule has 0 aliphatic heterocycles. The largest absolute Gasteiger partial charge is 0.194 e. The van der Waals surface area contributed by atoms with Crippen LogP contribution in [0.15, 0.2) is 0 Å². The highest BCUT2D eigenvalue weighted by atomic mass is 31.2. The zero-order valence-electron chi connectivity index (χ0n) is 30.0. The molecule has 1 unspecified atom stereocenters. The summed E-state index contributed by atoms with van der Waals surface area (Å²) in [5, 5.41) is 10.7. The van der Waals surface area contributed by atoms with Gasteiger partial charge in [-0.25, -0.2) is 0 Å². The van der Waals surface area contributed by atoms with Gasteiger partial charge in [-0.05, 0) is 51.4 Å². The van der Waals surface area contributed by atoms with E-state index in [0.717, 1.165) is 0 Å². The van der Waals surface area contributed by atoms with Gasteiger partial charge < -0.3 is 0 Å². The Kier molecular flexibility index (Phi) is 33.7. The van der Waals surface area contributed by atoms with Gasteiger partial charge >= 0.3 is 0 Å². The SMILES string of the molecule is CCCCCCCCCCCC(C#N)[P+](CCCCCCCCC)(CCCCCCCCC)CCCCCCCCC. The molecule has 0 aromatic carbocycles. The summed E-state index contributed by atoms with van der Waals surface area (Å²) in [6, 6.07) is 3.02. The van der Waals surface area contributed by atoms with Crippen molar-refractivity contribution in [3.05, 3.63) is 0 Å². The first kappa shape index (κ1) is 41.9. The summed E-state index contributed by atoms with van der Waals surface area (Å²) < 4.78 is 0. The molecule has 0 heterocycles. The Morgan fingerprint density at radius 1 is 0.357 bits per heavy atom. The molecule has 0 spiro atoms. The molecule has 2 heteroatoms. The number of hydrogen-bond acceptors (Lipinski definition) is 1. The van der Waals surface area contributed by atoms with E-state index in [1.165, 1.54) is 218 Å². The zero-order chi connectivity index (χ0) is 30.8. The fourth-order valence-corrected chi connectivity index (χ4v) is 12.2. The zero-order valence-corrected chi connectivity index (χ0v) is 30.9. The molecule has 0 bridgehead atoms. The monoisotopic (exact) mass is 607 g/mol. The van der Waals surface area contributed by atoms with Gasteiger partial charge in [0.05, 0.1) is 18.5 Å². The maximum absolute atomic E-state index is 10.7. The van der Waals surface area contributed by atoms with Gasteiger partial charge in [0.1, 0.15) is 6.07 Å². The maximum Gasteiger partial charge on any atom is 0.154 e. The molecule has 0 aromatic rings. The van der Waals surface area contributed by atoms with E-state index >= 15 is 0 Å². The normalized spacial score (nSPS) is 12.5. The average molecular weight is 607 g/mol. The van der Waals surface area contributed by atoms with Crippen LogP contribution in [0.3, 0.4) is 0 Å². The van der Waals surface area contributed by atoms with E-state index in [9.17, 15) is 5.26 Å². The number of unbranched alkanes of at least 4 members (excludes halogenated alkanes) is 26. The highest BCUT2D eigenvalue weighted by Crippen LogP contribution is 2.66. The van der Waals surface area contributed by atoms with E-state index in [-0.39, 0.29) is 0 Å². The molecule has 0 aliphatic rings. The second-order valence-electron chi connectivity index (χ2n) is 14.0. The van der Waals surface area contributed by atoms with Crippen LogP contribution in [0.25, 0.3) is 0 Å². The van der Waals surface area contributed by atoms with Gasteiger partial charge in [-0.15, -0.1) is 0 Å². The first-order valence-electron chi connectivity index (χ1n) is 20.0. The van der Waals surface area contributed by atoms with Gasteiger partial charge in [0, 0.05) is 7.26 Å². The van der Waals surface area contributed by atoms with Crippen molar-refractivity contribution in [2.24, 2.45) is 0 Å². The number of hydrogen-bond donors (Lipinski definition) is 0. The summed E-state index contributed by atoms with van der Waals surface area (Å²) in [6.45, 7) is 9.27. The van der Waals surface area contributed by atoms with Crippen molar-refractivity contribution in [3.63, 3.8) is 0 Å². The van der Waals surface area contributed by atoms with Gasteiger partial charge in [0.15, 0.2) is 5.66 Å². The van der Waals surface area contributed by atoms with Crippen LogP contribution in [0, 0.1) is 11.3 Å². The van der Waals surface area contributed by atoms with Crippen molar-refractivity contribution in [2.45, 2.75) is 232 Å². The van der Waals surface area contributed by atoms with Crippen molar-refractivity contribution in [1.82, 2.24) is 0 Å². The lowest BCUT2D eigenvalue weighted by molar-refractivity contribution is 0.557. The molecule has 0 amide bonds. The van der Waals surface area contributed by atoms with E-state index < -0.39 is 7.26 Å². The Hall–Kier alpha value is -0.0800. The van der Waals surface area contributed by atoms with Crippen molar-refractivity contribution < 1.29 is 0 Å². The van der Waals surface area contributed by atoms with E-state index in [2.05, 4.69) is 33.8 Å². The Morgan fingerprint density at radius 2 is 0.595 bits per heavy atom. The maximum atomic E-state index is 10.7. The third kappa shape index (κ3) is 25.3. The van der Waals surface area contributed by atoms with Crippen LogP contribution >= 0.6 is 7.26 Å². The smallest absolute Gasteiger partial charge is 0.154 e. The summed E-state index contributed by atoms with van der Waals surface area (Å²) in [4.78, 5) is 0. The highest BCUT2D eigenvalue weighted by Gasteiger charge is 2.44. The Balaban J connectivity index is 5.15. The van der Waals surface area contributed by atoms with Gasteiger partial charge in [-0.2, -0.15) is 5.26 Å². The number of nitrogens with zero attached hydrogens (tertiary/aromatic N) is 1. The molecule has 0 radical (unpaired) electrons. The summed E-state index contributed by atoms with van der Waals surface area (Å²) in [7, 11) is -1.23. The fourth-order valence-electron chi connectivity index (χ4n) is 7.06. The predicted molar refractivity (Wildman–Crippen MR) is 197 cm³/mol. The Labute approximate surface area is 268 Å². The van der Waals surface area contributed by atoms with Crippen LogP contribution in [0.5, 0.6) is 0 Å². The van der Waals surface area contributed by atoms with Crippen molar-refractivity contribution in [2.75, 3.05) is 18.5 Å². The molecule has 0 aliphatic carbocycles. The van der Waals surface area contributed by atoms with Crippen LogP contribution in [0.4, 0.5) is 0 Å². The Bertz CT molecular complexity index is 507. The van der Waals surface area contributed by atoms with Crippen molar-refractivity contribution in [3.8, 4) is 6.07 Å². The van der Waals surface area contributed by atoms with E-state index in [4.69, 9.17) is 0 Å². The summed E-state index contributed by atoms with van der Waals surface area (Å²) >= 11 is 0. The summed E-state index contributed by atoms with van der Waals surface area (Å²) in [6.07, 6.45) is 47.5.